The first-order valence-corrected chi connectivity index (χ1v) is 4.17. The van der Waals surface area contributed by atoms with E-state index >= 15 is 0 Å². The minimum absolute atomic E-state index is 0.762. The van der Waals surface area contributed by atoms with Crippen LogP contribution < -0.4 is 5.73 Å². The van der Waals surface area contributed by atoms with Crippen molar-refractivity contribution in [2.24, 2.45) is 5.73 Å². The number of nitrogens with zero attached hydrogens (tertiary/aromatic N) is 1. The molecule has 62 valence electrons. The largest absolute Gasteiger partial charge is 0.326 e. The van der Waals surface area contributed by atoms with Crippen molar-refractivity contribution in [1.29, 1.82) is 0 Å². The van der Waals surface area contributed by atoms with Crippen LogP contribution in [0.5, 0.6) is 0 Å². The maximum Gasteiger partial charge on any atom is 0.101 e. The third-order valence-electron chi connectivity index (χ3n) is 2.23. The Kier molecular flexibility index (Phi) is 2.85. The fourth-order valence-corrected chi connectivity index (χ4v) is 1.65. The van der Waals surface area contributed by atoms with Crippen LogP contribution in [-0.2, 0) is 0 Å². The third-order valence-corrected chi connectivity index (χ3v) is 2.23. The van der Waals surface area contributed by atoms with Crippen molar-refractivity contribution < 1.29 is 4.48 Å². The molecule has 0 aromatic carbocycles. The summed E-state index contributed by atoms with van der Waals surface area (Å²) in [7, 11) is 0. The van der Waals surface area contributed by atoms with Gasteiger partial charge in [0.2, 0.25) is 0 Å². The Labute approximate surface area is 68.6 Å². The van der Waals surface area contributed by atoms with Crippen molar-refractivity contribution in [3.05, 3.63) is 24.9 Å². The highest BCUT2D eigenvalue weighted by Gasteiger charge is 2.24. The lowest BCUT2D eigenvalue weighted by Gasteiger charge is -2.29. The van der Waals surface area contributed by atoms with Gasteiger partial charge in [-0.05, 0) is 12.2 Å². The van der Waals surface area contributed by atoms with E-state index in [9.17, 15) is 0 Å². The number of quaternary nitrogens is 1. The number of rotatable bonds is 4. The number of hydrogen-bond acceptors (Lipinski definition) is 1. The van der Waals surface area contributed by atoms with E-state index in [0.717, 1.165) is 24.1 Å². The van der Waals surface area contributed by atoms with Crippen LogP contribution >= 0.6 is 0 Å². The lowest BCUT2D eigenvalue weighted by molar-refractivity contribution is -0.866. The van der Waals surface area contributed by atoms with Gasteiger partial charge in [0.15, 0.2) is 0 Å². The van der Waals surface area contributed by atoms with E-state index in [4.69, 9.17) is 5.73 Å². The SMILES string of the molecule is C=CC[N+]1(CCN)C=CCC1. The molecule has 1 aliphatic heterocycles. The predicted molar refractivity (Wildman–Crippen MR) is 47.9 cm³/mol. The minimum Gasteiger partial charge on any atom is -0.326 e. The van der Waals surface area contributed by atoms with E-state index in [1.54, 1.807) is 0 Å². The highest BCUT2D eigenvalue weighted by Crippen LogP contribution is 2.15. The Balaban J connectivity index is 2.55. The molecule has 1 aliphatic rings. The second kappa shape index (κ2) is 3.69. The highest BCUT2D eigenvalue weighted by atomic mass is 15.3. The van der Waals surface area contributed by atoms with Crippen LogP contribution in [0.1, 0.15) is 6.42 Å². The van der Waals surface area contributed by atoms with Gasteiger partial charge in [-0.15, -0.1) is 0 Å². The van der Waals surface area contributed by atoms with E-state index in [1.165, 1.54) is 13.0 Å². The summed E-state index contributed by atoms with van der Waals surface area (Å²) in [6.45, 7) is 7.79. The topological polar surface area (TPSA) is 26.0 Å². The second-order valence-corrected chi connectivity index (χ2v) is 3.10. The van der Waals surface area contributed by atoms with Gasteiger partial charge in [-0.3, -0.25) is 4.48 Å². The van der Waals surface area contributed by atoms with E-state index in [-0.39, 0.29) is 0 Å². The first-order chi connectivity index (χ1) is 5.33. The molecule has 1 atom stereocenters. The summed E-state index contributed by atoms with van der Waals surface area (Å²) in [5.41, 5.74) is 5.54. The van der Waals surface area contributed by atoms with Crippen molar-refractivity contribution in [3.63, 3.8) is 0 Å². The van der Waals surface area contributed by atoms with Gasteiger partial charge >= 0.3 is 0 Å². The van der Waals surface area contributed by atoms with Crippen LogP contribution in [0.25, 0.3) is 0 Å². The zero-order chi connectivity index (χ0) is 8.16. The molecule has 2 heteroatoms. The molecule has 0 saturated carbocycles. The molecular formula is C9H17N2+. The van der Waals surface area contributed by atoms with Gasteiger partial charge in [0.1, 0.15) is 6.54 Å². The van der Waals surface area contributed by atoms with Crippen LogP contribution in [-0.4, -0.2) is 30.7 Å². The first-order valence-electron chi connectivity index (χ1n) is 4.17. The summed E-state index contributed by atoms with van der Waals surface area (Å²) in [5, 5.41) is 0. The molecule has 0 aliphatic carbocycles. The quantitative estimate of drug-likeness (QED) is 0.470. The van der Waals surface area contributed by atoms with E-state index in [1.807, 2.05) is 6.08 Å². The average molecular weight is 153 g/mol. The number of hydrogen-bond donors (Lipinski definition) is 1. The number of nitrogens with two attached hydrogens (primary N) is 1. The van der Waals surface area contributed by atoms with Crippen molar-refractivity contribution in [1.82, 2.24) is 0 Å². The van der Waals surface area contributed by atoms with Crippen LogP contribution in [0.4, 0.5) is 0 Å². The van der Waals surface area contributed by atoms with Gasteiger partial charge in [0.25, 0.3) is 0 Å². The molecule has 1 rings (SSSR count). The second-order valence-electron chi connectivity index (χ2n) is 3.10. The maximum absolute atomic E-state index is 5.54. The lowest BCUT2D eigenvalue weighted by Crippen LogP contribution is -2.44. The zero-order valence-electron chi connectivity index (χ0n) is 7.00. The lowest BCUT2D eigenvalue weighted by atomic mass is 10.3. The minimum atomic E-state index is 0.762. The summed E-state index contributed by atoms with van der Waals surface area (Å²) in [6.07, 6.45) is 7.66. The van der Waals surface area contributed by atoms with Gasteiger partial charge < -0.3 is 5.73 Å². The molecular weight excluding hydrogens is 136 g/mol. The first kappa shape index (κ1) is 8.50. The fraction of sp³-hybridized carbons (Fsp3) is 0.556. The Bertz CT molecular complexity index is 163. The predicted octanol–water partition coefficient (Wildman–Crippen LogP) is 0.865. The van der Waals surface area contributed by atoms with Crippen molar-refractivity contribution >= 4 is 0 Å². The molecule has 0 saturated heterocycles. The summed E-state index contributed by atoms with van der Waals surface area (Å²) in [5.74, 6) is 0. The smallest absolute Gasteiger partial charge is 0.101 e. The molecule has 0 aromatic rings. The molecule has 0 amide bonds. The Hall–Kier alpha value is -0.600. The molecule has 1 heterocycles. The third kappa shape index (κ3) is 1.91. The average Bonchev–Trinajstić information content (AvgIpc) is 2.39. The fourth-order valence-electron chi connectivity index (χ4n) is 1.65. The molecule has 11 heavy (non-hydrogen) atoms. The van der Waals surface area contributed by atoms with Crippen molar-refractivity contribution in [3.8, 4) is 0 Å². The van der Waals surface area contributed by atoms with Crippen LogP contribution in [0.3, 0.4) is 0 Å². The molecule has 1 unspecified atom stereocenters. The normalized spacial score (nSPS) is 29.2. The van der Waals surface area contributed by atoms with Crippen molar-refractivity contribution in [2.75, 3.05) is 26.2 Å². The van der Waals surface area contributed by atoms with Gasteiger partial charge in [-0.2, -0.15) is 0 Å². The van der Waals surface area contributed by atoms with Gasteiger partial charge in [0.05, 0.1) is 19.3 Å². The molecule has 0 fully saturated rings. The monoisotopic (exact) mass is 153 g/mol. The van der Waals surface area contributed by atoms with E-state index in [2.05, 4.69) is 18.9 Å². The highest BCUT2D eigenvalue weighted by molar-refractivity contribution is 4.84. The summed E-state index contributed by atoms with van der Waals surface area (Å²) in [6, 6.07) is 0. The zero-order valence-corrected chi connectivity index (χ0v) is 7.00. The van der Waals surface area contributed by atoms with Gasteiger partial charge in [0, 0.05) is 13.0 Å². The Morgan fingerprint density at radius 1 is 1.64 bits per heavy atom. The van der Waals surface area contributed by atoms with E-state index < -0.39 is 0 Å². The molecule has 2 nitrogen and oxygen atoms in total. The Morgan fingerprint density at radius 3 is 2.91 bits per heavy atom. The maximum atomic E-state index is 5.54. The van der Waals surface area contributed by atoms with E-state index in [0.29, 0.717) is 0 Å². The van der Waals surface area contributed by atoms with Gasteiger partial charge in [-0.1, -0.05) is 6.58 Å². The van der Waals surface area contributed by atoms with Crippen LogP contribution in [0.15, 0.2) is 24.9 Å². The van der Waals surface area contributed by atoms with Crippen LogP contribution in [0.2, 0.25) is 0 Å². The summed E-state index contributed by atoms with van der Waals surface area (Å²) in [4.78, 5) is 0. The summed E-state index contributed by atoms with van der Waals surface area (Å²) < 4.78 is 1.01. The molecule has 0 aromatic heterocycles. The molecule has 0 bridgehead atoms. The van der Waals surface area contributed by atoms with Gasteiger partial charge in [-0.25, -0.2) is 0 Å². The molecule has 0 spiro atoms. The molecule has 0 radical (unpaired) electrons. The summed E-state index contributed by atoms with van der Waals surface area (Å²) >= 11 is 0. The van der Waals surface area contributed by atoms with Crippen molar-refractivity contribution in [2.45, 2.75) is 6.42 Å². The van der Waals surface area contributed by atoms with Crippen LogP contribution in [0, 0.1) is 0 Å². The Morgan fingerprint density at radius 2 is 2.45 bits per heavy atom. The standard InChI is InChI=1S/C9H17N2/c1-2-6-11(9-5-10)7-3-4-8-11/h2-3,7H,1,4-6,8-10H2/q+1. The molecule has 2 N–H and O–H groups in total.